The molecule has 0 heterocycles. The highest BCUT2D eigenvalue weighted by molar-refractivity contribution is 9.10. The molecule has 0 amide bonds. The minimum Gasteiger partial charge on any atom is -0.497 e. The van der Waals surface area contributed by atoms with Gasteiger partial charge in [-0.2, -0.15) is 0 Å². The predicted octanol–water partition coefficient (Wildman–Crippen LogP) is 4.21. The molecule has 0 saturated heterocycles. The SMILES string of the molecule is COc1ccc(Br)c(C=NC2CCCCC2)c1. The Hall–Kier alpha value is -0.830. The van der Waals surface area contributed by atoms with Crippen molar-refractivity contribution in [2.75, 3.05) is 7.11 Å². The van der Waals surface area contributed by atoms with E-state index in [1.807, 2.05) is 24.4 Å². The summed E-state index contributed by atoms with van der Waals surface area (Å²) in [5.41, 5.74) is 1.09. The van der Waals surface area contributed by atoms with Gasteiger partial charge in [-0.25, -0.2) is 0 Å². The van der Waals surface area contributed by atoms with Crippen LogP contribution in [0.3, 0.4) is 0 Å². The second kappa shape index (κ2) is 6.20. The lowest BCUT2D eigenvalue weighted by Crippen LogP contribution is -2.09. The summed E-state index contributed by atoms with van der Waals surface area (Å²) in [7, 11) is 1.69. The van der Waals surface area contributed by atoms with Gasteiger partial charge in [0.1, 0.15) is 5.75 Å². The van der Waals surface area contributed by atoms with Gasteiger partial charge in [0.25, 0.3) is 0 Å². The fourth-order valence-corrected chi connectivity index (χ4v) is 2.51. The quantitative estimate of drug-likeness (QED) is 0.766. The van der Waals surface area contributed by atoms with Crippen LogP contribution in [-0.4, -0.2) is 19.4 Å². The maximum Gasteiger partial charge on any atom is 0.119 e. The first kappa shape index (κ1) is 12.6. The lowest BCUT2D eigenvalue weighted by atomic mass is 9.96. The maximum atomic E-state index is 5.22. The highest BCUT2D eigenvalue weighted by Crippen LogP contribution is 2.23. The van der Waals surface area contributed by atoms with E-state index in [2.05, 4.69) is 20.9 Å². The van der Waals surface area contributed by atoms with Gasteiger partial charge in [0.2, 0.25) is 0 Å². The van der Waals surface area contributed by atoms with Gasteiger partial charge in [0, 0.05) is 22.3 Å². The molecule has 0 unspecified atom stereocenters. The van der Waals surface area contributed by atoms with E-state index in [1.54, 1.807) is 7.11 Å². The maximum absolute atomic E-state index is 5.22. The predicted molar refractivity (Wildman–Crippen MR) is 75.2 cm³/mol. The van der Waals surface area contributed by atoms with E-state index in [4.69, 9.17) is 4.74 Å². The molecule has 0 spiro atoms. The second-order valence-corrected chi connectivity index (χ2v) is 5.31. The number of aliphatic imine (C=N–C) groups is 1. The first-order chi connectivity index (χ1) is 8.29. The molecule has 3 heteroatoms. The van der Waals surface area contributed by atoms with Crippen molar-refractivity contribution in [3.05, 3.63) is 28.2 Å². The monoisotopic (exact) mass is 295 g/mol. The number of rotatable bonds is 3. The summed E-state index contributed by atoms with van der Waals surface area (Å²) in [6.07, 6.45) is 8.45. The lowest BCUT2D eigenvalue weighted by Gasteiger charge is -2.17. The van der Waals surface area contributed by atoms with Crippen LogP contribution in [0.4, 0.5) is 0 Å². The topological polar surface area (TPSA) is 21.6 Å². The first-order valence-electron chi connectivity index (χ1n) is 6.16. The molecule has 1 aliphatic rings. The van der Waals surface area contributed by atoms with Gasteiger partial charge < -0.3 is 4.74 Å². The van der Waals surface area contributed by atoms with Crippen molar-refractivity contribution < 1.29 is 4.74 Å². The van der Waals surface area contributed by atoms with Gasteiger partial charge in [-0.05, 0) is 31.0 Å². The molecule has 92 valence electrons. The molecule has 1 aromatic rings. The van der Waals surface area contributed by atoms with E-state index < -0.39 is 0 Å². The molecule has 1 aliphatic carbocycles. The van der Waals surface area contributed by atoms with Gasteiger partial charge in [0.05, 0.1) is 7.11 Å². The average Bonchev–Trinajstić information content (AvgIpc) is 2.39. The number of hydrogen-bond donors (Lipinski definition) is 0. The molecule has 1 fully saturated rings. The van der Waals surface area contributed by atoms with Crippen LogP contribution in [0.5, 0.6) is 5.75 Å². The van der Waals surface area contributed by atoms with E-state index >= 15 is 0 Å². The Labute approximate surface area is 111 Å². The van der Waals surface area contributed by atoms with E-state index in [1.165, 1.54) is 32.1 Å². The van der Waals surface area contributed by atoms with Gasteiger partial charge in [0.15, 0.2) is 0 Å². The molecule has 0 atom stereocenters. The van der Waals surface area contributed by atoms with Crippen molar-refractivity contribution in [1.82, 2.24) is 0 Å². The fraction of sp³-hybridized carbons (Fsp3) is 0.500. The Morgan fingerprint density at radius 1 is 1.29 bits per heavy atom. The zero-order valence-electron chi connectivity index (χ0n) is 10.2. The van der Waals surface area contributed by atoms with Crippen molar-refractivity contribution in [3.8, 4) is 5.75 Å². The summed E-state index contributed by atoms with van der Waals surface area (Å²) in [5.74, 6) is 0.873. The Morgan fingerprint density at radius 2 is 2.06 bits per heavy atom. The van der Waals surface area contributed by atoms with Crippen molar-refractivity contribution in [1.29, 1.82) is 0 Å². The van der Waals surface area contributed by atoms with Crippen molar-refractivity contribution >= 4 is 22.1 Å². The Balaban J connectivity index is 2.08. The van der Waals surface area contributed by atoms with E-state index in [-0.39, 0.29) is 0 Å². The Bertz CT molecular complexity index is 397. The summed E-state index contributed by atoms with van der Waals surface area (Å²) < 4.78 is 6.29. The smallest absolute Gasteiger partial charge is 0.119 e. The third-order valence-corrected chi connectivity index (χ3v) is 3.92. The number of benzene rings is 1. The lowest BCUT2D eigenvalue weighted by molar-refractivity contribution is 0.414. The van der Waals surface area contributed by atoms with Crippen molar-refractivity contribution in [2.24, 2.45) is 4.99 Å². The molecule has 2 nitrogen and oxygen atoms in total. The van der Waals surface area contributed by atoms with Gasteiger partial charge >= 0.3 is 0 Å². The zero-order chi connectivity index (χ0) is 12.1. The largest absolute Gasteiger partial charge is 0.497 e. The number of halogens is 1. The summed E-state index contributed by atoms with van der Waals surface area (Å²) >= 11 is 3.54. The molecule has 0 N–H and O–H groups in total. The molecule has 2 rings (SSSR count). The standard InChI is InChI=1S/C14H18BrNO/c1-17-13-7-8-14(15)11(9-13)10-16-12-5-3-2-4-6-12/h7-10,12H,2-6H2,1H3. The van der Waals surface area contributed by atoms with E-state index in [0.717, 1.165) is 15.8 Å². The normalized spacial score (nSPS) is 17.5. The van der Waals surface area contributed by atoms with Gasteiger partial charge in [-0.15, -0.1) is 0 Å². The molecule has 1 saturated carbocycles. The second-order valence-electron chi connectivity index (χ2n) is 4.46. The van der Waals surface area contributed by atoms with Crippen LogP contribution >= 0.6 is 15.9 Å². The third kappa shape index (κ3) is 3.56. The first-order valence-corrected chi connectivity index (χ1v) is 6.95. The highest BCUT2D eigenvalue weighted by Gasteiger charge is 2.11. The molecule has 1 aromatic carbocycles. The molecular formula is C14H18BrNO. The van der Waals surface area contributed by atoms with Crippen molar-refractivity contribution in [2.45, 2.75) is 38.1 Å². The molecule has 0 radical (unpaired) electrons. The molecule has 0 bridgehead atoms. The van der Waals surface area contributed by atoms with Crippen LogP contribution in [0.25, 0.3) is 0 Å². The van der Waals surface area contributed by atoms with Crippen LogP contribution in [0.2, 0.25) is 0 Å². The summed E-state index contributed by atoms with van der Waals surface area (Å²) in [6, 6.07) is 6.47. The summed E-state index contributed by atoms with van der Waals surface area (Å²) in [6.45, 7) is 0. The molecular weight excluding hydrogens is 278 g/mol. The van der Waals surface area contributed by atoms with E-state index in [9.17, 15) is 0 Å². The average molecular weight is 296 g/mol. The fourth-order valence-electron chi connectivity index (χ4n) is 2.16. The molecule has 0 aliphatic heterocycles. The summed E-state index contributed by atoms with van der Waals surface area (Å²) in [5, 5.41) is 0. The van der Waals surface area contributed by atoms with Gasteiger partial charge in [-0.1, -0.05) is 35.2 Å². The number of nitrogens with zero attached hydrogens (tertiary/aromatic N) is 1. The highest BCUT2D eigenvalue weighted by atomic mass is 79.9. The van der Waals surface area contributed by atoms with E-state index in [0.29, 0.717) is 6.04 Å². The Kier molecular flexibility index (Phi) is 4.60. The van der Waals surface area contributed by atoms with Crippen LogP contribution in [0.15, 0.2) is 27.7 Å². The summed E-state index contributed by atoms with van der Waals surface area (Å²) in [4.78, 5) is 4.68. The minimum atomic E-state index is 0.516. The van der Waals surface area contributed by atoms with Crippen molar-refractivity contribution in [3.63, 3.8) is 0 Å². The number of methoxy groups -OCH3 is 1. The third-order valence-electron chi connectivity index (χ3n) is 3.20. The number of ether oxygens (including phenoxy) is 1. The Morgan fingerprint density at radius 3 is 2.76 bits per heavy atom. The minimum absolute atomic E-state index is 0.516. The molecule has 0 aromatic heterocycles. The van der Waals surface area contributed by atoms with Gasteiger partial charge in [-0.3, -0.25) is 4.99 Å². The zero-order valence-corrected chi connectivity index (χ0v) is 11.7. The van der Waals surface area contributed by atoms with Crippen LogP contribution < -0.4 is 4.74 Å². The number of hydrogen-bond acceptors (Lipinski definition) is 2. The van der Waals surface area contributed by atoms with Crippen LogP contribution in [0, 0.1) is 0 Å². The van der Waals surface area contributed by atoms with Crippen LogP contribution in [-0.2, 0) is 0 Å². The molecule has 17 heavy (non-hydrogen) atoms. The van der Waals surface area contributed by atoms with Crippen LogP contribution in [0.1, 0.15) is 37.7 Å².